The van der Waals surface area contributed by atoms with Gasteiger partial charge in [-0.25, -0.2) is 4.98 Å². The highest BCUT2D eigenvalue weighted by Crippen LogP contribution is 2.39. The van der Waals surface area contributed by atoms with Crippen LogP contribution >= 0.6 is 23.1 Å². The highest BCUT2D eigenvalue weighted by molar-refractivity contribution is 7.99. The number of hydrogen-bond acceptors (Lipinski definition) is 5. The second-order valence-corrected chi connectivity index (χ2v) is 8.06. The van der Waals surface area contributed by atoms with Crippen molar-refractivity contribution in [1.29, 1.82) is 0 Å². The predicted octanol–water partition coefficient (Wildman–Crippen LogP) is 4.20. The lowest BCUT2D eigenvalue weighted by Gasteiger charge is -2.09. The molecule has 0 spiro atoms. The number of rotatable bonds is 3. The molecule has 0 radical (unpaired) electrons. The van der Waals surface area contributed by atoms with Gasteiger partial charge in [-0.1, -0.05) is 0 Å². The van der Waals surface area contributed by atoms with E-state index in [1.54, 1.807) is 11.3 Å². The Morgan fingerprint density at radius 3 is 3.00 bits per heavy atom. The molecule has 0 bridgehead atoms. The number of nitrogens with zero attached hydrogens (tertiary/aromatic N) is 3. The quantitative estimate of drug-likeness (QED) is 0.780. The summed E-state index contributed by atoms with van der Waals surface area (Å²) in [5.74, 6) is 3.48. The van der Waals surface area contributed by atoms with Crippen molar-refractivity contribution >= 4 is 49.3 Å². The van der Waals surface area contributed by atoms with Crippen molar-refractivity contribution in [2.45, 2.75) is 39.8 Å². The summed E-state index contributed by atoms with van der Waals surface area (Å²) in [6.07, 6.45) is 1.23. The van der Waals surface area contributed by atoms with Crippen molar-refractivity contribution in [1.82, 2.24) is 14.8 Å². The van der Waals surface area contributed by atoms with Gasteiger partial charge in [0.2, 0.25) is 0 Å². The van der Waals surface area contributed by atoms with E-state index in [4.69, 9.17) is 10.1 Å². The molecule has 0 amide bonds. The lowest BCUT2D eigenvalue weighted by molar-refractivity contribution is 0.682. The molecular formula is C16H20N4S2. The van der Waals surface area contributed by atoms with E-state index in [2.05, 4.69) is 36.8 Å². The van der Waals surface area contributed by atoms with E-state index in [0.29, 0.717) is 6.04 Å². The van der Waals surface area contributed by atoms with Crippen molar-refractivity contribution in [3.05, 3.63) is 17.3 Å². The van der Waals surface area contributed by atoms with E-state index < -0.39 is 0 Å². The predicted molar refractivity (Wildman–Crippen MR) is 97.4 cm³/mol. The lowest BCUT2D eigenvalue weighted by Crippen LogP contribution is -2.18. The second kappa shape index (κ2) is 5.42. The van der Waals surface area contributed by atoms with Crippen LogP contribution in [-0.4, -0.2) is 32.3 Å². The standard InChI is InChI=1S/C16H20N4S2/c1-4-20-13-12-9(2)7-10(3)17-16(12)22-14(13)15(19-20)18-11-5-6-21-8-11/h7,11H,4-6,8H2,1-3H3,(H,18,19). The third-order valence-corrected chi connectivity index (χ3v) is 6.47. The first-order valence-electron chi connectivity index (χ1n) is 7.79. The Morgan fingerprint density at radius 2 is 2.27 bits per heavy atom. The summed E-state index contributed by atoms with van der Waals surface area (Å²) in [5, 5.41) is 9.76. The van der Waals surface area contributed by atoms with Gasteiger partial charge < -0.3 is 5.32 Å². The molecule has 1 atom stereocenters. The van der Waals surface area contributed by atoms with Gasteiger partial charge in [0.15, 0.2) is 5.82 Å². The molecule has 1 saturated heterocycles. The van der Waals surface area contributed by atoms with Gasteiger partial charge in [0.05, 0.1) is 10.2 Å². The summed E-state index contributed by atoms with van der Waals surface area (Å²) in [7, 11) is 0. The van der Waals surface area contributed by atoms with E-state index in [-0.39, 0.29) is 0 Å². The molecular weight excluding hydrogens is 312 g/mol. The van der Waals surface area contributed by atoms with Crippen LogP contribution in [0.3, 0.4) is 0 Å². The van der Waals surface area contributed by atoms with E-state index in [9.17, 15) is 0 Å². The highest BCUT2D eigenvalue weighted by Gasteiger charge is 2.22. The molecule has 1 aliphatic rings. The molecule has 6 heteroatoms. The number of aromatic nitrogens is 3. The number of anilines is 1. The van der Waals surface area contributed by atoms with Gasteiger partial charge in [-0.15, -0.1) is 11.3 Å². The van der Waals surface area contributed by atoms with Crippen LogP contribution in [0.15, 0.2) is 6.07 Å². The fourth-order valence-corrected chi connectivity index (χ4v) is 5.61. The fourth-order valence-electron chi connectivity index (χ4n) is 3.21. The summed E-state index contributed by atoms with van der Waals surface area (Å²) in [5.41, 5.74) is 3.64. The Kier molecular flexibility index (Phi) is 3.53. The van der Waals surface area contributed by atoms with Gasteiger partial charge in [0.1, 0.15) is 4.83 Å². The Bertz CT molecular complexity index is 843. The van der Waals surface area contributed by atoms with E-state index in [1.807, 2.05) is 11.8 Å². The van der Waals surface area contributed by atoms with E-state index in [1.165, 1.54) is 39.1 Å². The van der Waals surface area contributed by atoms with Crippen molar-refractivity contribution < 1.29 is 0 Å². The molecule has 0 saturated carbocycles. The molecule has 1 unspecified atom stereocenters. The van der Waals surface area contributed by atoms with Gasteiger partial charge >= 0.3 is 0 Å². The number of hydrogen-bond donors (Lipinski definition) is 1. The highest BCUT2D eigenvalue weighted by atomic mass is 32.2. The van der Waals surface area contributed by atoms with Crippen LogP contribution in [0.1, 0.15) is 24.6 Å². The van der Waals surface area contributed by atoms with Crippen LogP contribution in [0.5, 0.6) is 0 Å². The van der Waals surface area contributed by atoms with E-state index >= 15 is 0 Å². The van der Waals surface area contributed by atoms with E-state index in [0.717, 1.165) is 22.9 Å². The zero-order valence-corrected chi connectivity index (χ0v) is 14.8. The van der Waals surface area contributed by atoms with Crippen LogP contribution in [0.2, 0.25) is 0 Å². The molecule has 0 aliphatic carbocycles. The first kappa shape index (κ1) is 14.3. The van der Waals surface area contributed by atoms with Crippen molar-refractivity contribution in [3.63, 3.8) is 0 Å². The molecule has 1 aliphatic heterocycles. The Labute approximate surface area is 138 Å². The number of thiophene rings is 1. The molecule has 1 fully saturated rings. The third-order valence-electron chi connectivity index (χ3n) is 4.23. The van der Waals surface area contributed by atoms with Gasteiger partial charge in [0.25, 0.3) is 0 Å². The van der Waals surface area contributed by atoms with Crippen LogP contribution in [0.4, 0.5) is 5.82 Å². The molecule has 4 rings (SSSR count). The topological polar surface area (TPSA) is 42.7 Å². The maximum Gasteiger partial charge on any atom is 0.166 e. The summed E-state index contributed by atoms with van der Waals surface area (Å²) < 4.78 is 3.39. The minimum Gasteiger partial charge on any atom is -0.364 e. The molecule has 1 N–H and O–H groups in total. The number of pyridine rings is 1. The van der Waals surface area contributed by atoms with Crippen LogP contribution in [-0.2, 0) is 6.54 Å². The van der Waals surface area contributed by atoms with Crippen LogP contribution in [0, 0.1) is 13.8 Å². The second-order valence-electron chi connectivity index (χ2n) is 5.91. The van der Waals surface area contributed by atoms with Gasteiger partial charge in [-0.2, -0.15) is 16.9 Å². The Morgan fingerprint density at radius 1 is 1.41 bits per heavy atom. The summed E-state index contributed by atoms with van der Waals surface area (Å²) in [6.45, 7) is 7.29. The summed E-state index contributed by atoms with van der Waals surface area (Å²) >= 11 is 3.80. The lowest BCUT2D eigenvalue weighted by atomic mass is 10.1. The zero-order chi connectivity index (χ0) is 15.3. The van der Waals surface area contributed by atoms with Gasteiger partial charge in [-0.05, 0) is 44.6 Å². The molecule has 22 heavy (non-hydrogen) atoms. The first-order valence-corrected chi connectivity index (χ1v) is 9.76. The maximum atomic E-state index is 4.82. The SMILES string of the molecule is CCn1nc(NC2CCSC2)c2sc3nc(C)cc(C)c3c21. The molecule has 116 valence electrons. The summed E-state index contributed by atoms with van der Waals surface area (Å²) in [4.78, 5) is 5.87. The largest absolute Gasteiger partial charge is 0.364 e. The number of aryl methyl sites for hydroxylation is 3. The normalized spacial score (nSPS) is 18.6. The monoisotopic (exact) mass is 332 g/mol. The zero-order valence-electron chi connectivity index (χ0n) is 13.1. The van der Waals surface area contributed by atoms with Crippen LogP contribution in [0.25, 0.3) is 20.4 Å². The molecule has 3 aromatic heterocycles. The molecule has 0 aromatic carbocycles. The number of thioether (sulfide) groups is 1. The fraction of sp³-hybridized carbons (Fsp3) is 0.500. The minimum atomic E-state index is 0.550. The van der Waals surface area contributed by atoms with Gasteiger partial charge in [0, 0.05) is 29.4 Å². The smallest absolute Gasteiger partial charge is 0.166 e. The summed E-state index contributed by atoms with van der Waals surface area (Å²) in [6, 6.07) is 2.72. The Hall–Kier alpha value is -1.27. The van der Waals surface area contributed by atoms with Gasteiger partial charge in [-0.3, -0.25) is 4.68 Å². The average molecular weight is 332 g/mol. The minimum absolute atomic E-state index is 0.550. The number of nitrogens with one attached hydrogen (secondary N) is 1. The molecule has 4 nitrogen and oxygen atoms in total. The third kappa shape index (κ3) is 2.20. The number of fused-ring (bicyclic) bond motifs is 3. The van der Waals surface area contributed by atoms with Crippen molar-refractivity contribution in [3.8, 4) is 0 Å². The average Bonchev–Trinajstić information content (AvgIpc) is 3.15. The van der Waals surface area contributed by atoms with Crippen LogP contribution < -0.4 is 5.32 Å². The van der Waals surface area contributed by atoms with Crippen molar-refractivity contribution in [2.24, 2.45) is 0 Å². The molecule has 3 aromatic rings. The van der Waals surface area contributed by atoms with Crippen molar-refractivity contribution in [2.75, 3.05) is 16.8 Å². The maximum absolute atomic E-state index is 4.82. The Balaban J connectivity index is 1.93. The molecule has 4 heterocycles. The first-order chi connectivity index (χ1) is 10.7.